The van der Waals surface area contributed by atoms with Crippen molar-refractivity contribution in [2.45, 2.75) is 39.0 Å². The van der Waals surface area contributed by atoms with Gasteiger partial charge in [-0.05, 0) is 42.4 Å². The van der Waals surface area contributed by atoms with Crippen molar-refractivity contribution in [3.63, 3.8) is 0 Å². The summed E-state index contributed by atoms with van der Waals surface area (Å²) in [5.41, 5.74) is 3.23. The molecule has 0 aliphatic heterocycles. The summed E-state index contributed by atoms with van der Waals surface area (Å²) in [5, 5.41) is 11.2. The van der Waals surface area contributed by atoms with Gasteiger partial charge in [0.15, 0.2) is 0 Å². The molecule has 110 valence electrons. The van der Waals surface area contributed by atoms with E-state index in [1.54, 1.807) is 12.3 Å². The Bertz CT molecular complexity index is 609. The molecule has 21 heavy (non-hydrogen) atoms. The highest BCUT2D eigenvalue weighted by atomic mass is 16.6. The summed E-state index contributed by atoms with van der Waals surface area (Å²) >= 11 is 0. The van der Waals surface area contributed by atoms with E-state index in [1.807, 2.05) is 44.3 Å². The number of hydrogen-bond donors (Lipinski definition) is 0. The number of nitro benzene ring substituents is 1. The van der Waals surface area contributed by atoms with Crippen LogP contribution in [0.2, 0.25) is 0 Å². The monoisotopic (exact) mass is 284 g/mol. The normalized spacial score (nSPS) is 10.8. The molecule has 0 saturated heterocycles. The molecule has 2 rings (SSSR count). The number of pyridine rings is 1. The molecule has 0 radical (unpaired) electrons. The van der Waals surface area contributed by atoms with Gasteiger partial charge in [0.2, 0.25) is 0 Å². The fraction of sp³-hybridized carbons (Fsp3) is 0.353. The predicted molar refractivity (Wildman–Crippen MR) is 83.4 cm³/mol. The Hall–Kier alpha value is -2.23. The second-order valence-corrected chi connectivity index (χ2v) is 5.51. The number of rotatable bonds is 6. The third-order valence-electron chi connectivity index (χ3n) is 3.61. The van der Waals surface area contributed by atoms with Crippen LogP contribution in [0.3, 0.4) is 0 Å². The van der Waals surface area contributed by atoms with E-state index < -0.39 is 0 Å². The molecule has 0 atom stereocenters. The lowest BCUT2D eigenvalue weighted by molar-refractivity contribution is -0.385. The first-order chi connectivity index (χ1) is 10.1. The van der Waals surface area contributed by atoms with Crippen LogP contribution in [0, 0.1) is 10.1 Å². The molecular weight excluding hydrogens is 264 g/mol. The first-order valence-electron chi connectivity index (χ1n) is 7.24. The van der Waals surface area contributed by atoms with Crippen molar-refractivity contribution < 1.29 is 4.92 Å². The molecular formula is C17H20N2O2. The van der Waals surface area contributed by atoms with Crippen LogP contribution < -0.4 is 0 Å². The maximum Gasteiger partial charge on any atom is 0.272 e. The van der Waals surface area contributed by atoms with E-state index in [2.05, 4.69) is 4.98 Å². The van der Waals surface area contributed by atoms with Crippen LogP contribution in [0.4, 0.5) is 5.69 Å². The van der Waals surface area contributed by atoms with E-state index in [1.165, 1.54) is 5.56 Å². The summed E-state index contributed by atoms with van der Waals surface area (Å²) in [6.45, 7) is 4.09. The van der Waals surface area contributed by atoms with Crippen molar-refractivity contribution in [1.82, 2.24) is 4.98 Å². The summed E-state index contributed by atoms with van der Waals surface area (Å²) in [4.78, 5) is 15.0. The minimum absolute atomic E-state index is 0.243. The summed E-state index contributed by atoms with van der Waals surface area (Å²) < 4.78 is 0. The fourth-order valence-corrected chi connectivity index (χ4v) is 2.35. The molecule has 0 aliphatic rings. The maximum absolute atomic E-state index is 11.2. The van der Waals surface area contributed by atoms with Gasteiger partial charge in [-0.15, -0.1) is 0 Å². The molecule has 0 fully saturated rings. The van der Waals surface area contributed by atoms with Gasteiger partial charge >= 0.3 is 0 Å². The van der Waals surface area contributed by atoms with E-state index in [0.717, 1.165) is 24.0 Å². The lowest BCUT2D eigenvalue weighted by Crippen LogP contribution is -1.99. The number of nitrogens with zero attached hydrogens (tertiary/aromatic N) is 2. The molecule has 1 aromatic carbocycles. The highest BCUT2D eigenvalue weighted by Gasteiger charge is 2.15. The highest BCUT2D eigenvalue weighted by molar-refractivity contribution is 5.44. The molecule has 4 nitrogen and oxygen atoms in total. The average molecular weight is 284 g/mol. The Labute approximate surface area is 125 Å². The summed E-state index contributed by atoms with van der Waals surface area (Å²) in [7, 11) is 0. The van der Waals surface area contributed by atoms with Crippen LogP contribution in [0.15, 0.2) is 42.7 Å². The Morgan fingerprint density at radius 1 is 1.24 bits per heavy atom. The van der Waals surface area contributed by atoms with E-state index in [9.17, 15) is 10.1 Å². The molecule has 0 unspecified atom stereocenters. The van der Waals surface area contributed by atoms with Crippen LogP contribution in [-0.4, -0.2) is 9.91 Å². The Morgan fingerprint density at radius 3 is 2.67 bits per heavy atom. The largest absolute Gasteiger partial charge is 0.272 e. The Morgan fingerprint density at radius 2 is 2.05 bits per heavy atom. The number of nitro groups is 1. The van der Waals surface area contributed by atoms with E-state index in [-0.39, 0.29) is 10.6 Å². The van der Waals surface area contributed by atoms with Gasteiger partial charge in [0.1, 0.15) is 0 Å². The van der Waals surface area contributed by atoms with Crippen molar-refractivity contribution in [3.8, 4) is 0 Å². The minimum atomic E-state index is -0.273. The SMILES string of the molecule is CC(C)c1ccc(CCCc2cccnc2)c([N+](=O)[O-])c1. The number of benzene rings is 1. The second kappa shape index (κ2) is 6.97. The molecule has 1 aromatic heterocycles. The molecule has 2 aromatic rings. The van der Waals surface area contributed by atoms with Gasteiger partial charge in [-0.1, -0.05) is 32.0 Å². The van der Waals surface area contributed by atoms with Gasteiger partial charge in [-0.3, -0.25) is 15.1 Å². The van der Waals surface area contributed by atoms with Gasteiger partial charge < -0.3 is 0 Å². The van der Waals surface area contributed by atoms with Gasteiger partial charge in [0.05, 0.1) is 4.92 Å². The summed E-state index contributed by atoms with van der Waals surface area (Å²) in [5.74, 6) is 0.299. The quantitative estimate of drug-likeness (QED) is 0.587. The third kappa shape index (κ3) is 4.12. The standard InChI is InChI=1S/C17H20N2O2/c1-13(2)16-9-8-15(17(11-16)19(20)21)7-3-5-14-6-4-10-18-12-14/h4,6,8-13H,3,5,7H2,1-2H3. The lowest BCUT2D eigenvalue weighted by Gasteiger charge is -2.08. The smallest absolute Gasteiger partial charge is 0.264 e. The van der Waals surface area contributed by atoms with Crippen LogP contribution >= 0.6 is 0 Å². The Balaban J connectivity index is 2.07. The van der Waals surface area contributed by atoms with Crippen LogP contribution in [-0.2, 0) is 12.8 Å². The van der Waals surface area contributed by atoms with Crippen molar-refractivity contribution in [2.24, 2.45) is 0 Å². The van der Waals surface area contributed by atoms with Crippen LogP contribution in [0.5, 0.6) is 0 Å². The van der Waals surface area contributed by atoms with Crippen molar-refractivity contribution >= 4 is 5.69 Å². The van der Waals surface area contributed by atoms with E-state index >= 15 is 0 Å². The minimum Gasteiger partial charge on any atom is -0.264 e. The molecule has 0 bridgehead atoms. The highest BCUT2D eigenvalue weighted by Crippen LogP contribution is 2.26. The Kier molecular flexibility index (Phi) is 5.04. The molecule has 0 saturated carbocycles. The van der Waals surface area contributed by atoms with Gasteiger partial charge in [-0.2, -0.15) is 0 Å². The van der Waals surface area contributed by atoms with Crippen LogP contribution in [0.25, 0.3) is 0 Å². The summed E-state index contributed by atoms with van der Waals surface area (Å²) in [6, 6.07) is 9.55. The molecule has 0 N–H and O–H groups in total. The summed E-state index contributed by atoms with van der Waals surface area (Å²) in [6.07, 6.45) is 6.07. The van der Waals surface area contributed by atoms with Crippen molar-refractivity contribution in [1.29, 1.82) is 0 Å². The molecule has 1 heterocycles. The lowest BCUT2D eigenvalue weighted by atomic mass is 9.97. The first-order valence-corrected chi connectivity index (χ1v) is 7.24. The maximum atomic E-state index is 11.2. The van der Waals surface area contributed by atoms with Crippen LogP contribution in [0.1, 0.15) is 42.9 Å². The predicted octanol–water partition coefficient (Wildman–Crippen LogP) is 4.29. The topological polar surface area (TPSA) is 56.0 Å². The van der Waals surface area contributed by atoms with Crippen molar-refractivity contribution in [3.05, 3.63) is 69.5 Å². The molecule has 4 heteroatoms. The third-order valence-corrected chi connectivity index (χ3v) is 3.61. The van der Waals surface area contributed by atoms with Crippen molar-refractivity contribution in [2.75, 3.05) is 0 Å². The number of aromatic nitrogens is 1. The van der Waals surface area contributed by atoms with Gasteiger partial charge in [-0.25, -0.2) is 0 Å². The zero-order valence-corrected chi connectivity index (χ0v) is 12.5. The zero-order valence-electron chi connectivity index (χ0n) is 12.5. The van der Waals surface area contributed by atoms with Gasteiger partial charge in [0.25, 0.3) is 5.69 Å². The average Bonchev–Trinajstić information content (AvgIpc) is 2.48. The second-order valence-electron chi connectivity index (χ2n) is 5.51. The number of hydrogen-bond acceptors (Lipinski definition) is 3. The molecule has 0 amide bonds. The van der Waals surface area contributed by atoms with E-state index in [0.29, 0.717) is 12.3 Å². The van der Waals surface area contributed by atoms with Gasteiger partial charge in [0, 0.05) is 24.0 Å². The molecule has 0 aliphatic carbocycles. The molecule has 0 spiro atoms. The number of aryl methyl sites for hydroxylation is 2. The first kappa shape index (κ1) is 15.2. The zero-order chi connectivity index (χ0) is 15.2. The fourth-order valence-electron chi connectivity index (χ4n) is 2.35. The van der Waals surface area contributed by atoms with E-state index in [4.69, 9.17) is 0 Å².